The highest BCUT2D eigenvalue weighted by Gasteiger charge is 2.11. The van der Waals surface area contributed by atoms with Gasteiger partial charge < -0.3 is 5.32 Å². The summed E-state index contributed by atoms with van der Waals surface area (Å²) in [5.41, 5.74) is 1.15. The molecule has 0 spiro atoms. The van der Waals surface area contributed by atoms with Gasteiger partial charge in [-0.25, -0.2) is 8.78 Å². The fourth-order valence-corrected chi connectivity index (χ4v) is 3.76. The third kappa shape index (κ3) is 4.28. The van der Waals surface area contributed by atoms with Crippen molar-refractivity contribution in [1.29, 1.82) is 0 Å². The number of benzene rings is 2. The monoisotopic (exact) mass is 371 g/mol. The lowest BCUT2D eigenvalue weighted by Gasteiger charge is -2.15. The first-order valence-corrected chi connectivity index (χ1v) is 8.28. The van der Waals surface area contributed by atoms with Crippen molar-refractivity contribution >= 4 is 27.7 Å². The molecule has 0 aromatic heterocycles. The normalized spacial score (nSPS) is 12.4. The summed E-state index contributed by atoms with van der Waals surface area (Å²) in [4.78, 5) is 1.32. The molecule has 0 amide bonds. The van der Waals surface area contributed by atoms with E-state index in [0.717, 1.165) is 27.5 Å². The second-order valence-corrected chi connectivity index (χ2v) is 6.61. The van der Waals surface area contributed by atoms with Gasteiger partial charge in [0, 0.05) is 26.4 Å². The first-order chi connectivity index (χ1) is 10.0. The third-order valence-electron chi connectivity index (χ3n) is 3.07. The van der Waals surface area contributed by atoms with Gasteiger partial charge in [0.25, 0.3) is 0 Å². The van der Waals surface area contributed by atoms with Crippen LogP contribution in [0.3, 0.4) is 0 Å². The molecule has 1 atom stereocenters. The largest absolute Gasteiger partial charge is 0.310 e. The zero-order valence-electron chi connectivity index (χ0n) is 11.8. The molecule has 2 aromatic carbocycles. The van der Waals surface area contributed by atoms with Gasteiger partial charge in [-0.05, 0) is 43.3 Å². The van der Waals surface area contributed by atoms with Crippen LogP contribution in [0.2, 0.25) is 0 Å². The minimum absolute atomic E-state index is 0.242. The van der Waals surface area contributed by atoms with Crippen LogP contribution in [0.15, 0.2) is 50.7 Å². The Hall–Kier alpha value is -0.910. The van der Waals surface area contributed by atoms with E-state index in [0.29, 0.717) is 4.90 Å². The Morgan fingerprint density at radius 1 is 1.19 bits per heavy atom. The van der Waals surface area contributed by atoms with Gasteiger partial charge >= 0.3 is 0 Å². The lowest BCUT2D eigenvalue weighted by molar-refractivity contribution is 0.565. The van der Waals surface area contributed by atoms with Crippen LogP contribution in [-0.2, 0) is 0 Å². The summed E-state index contributed by atoms with van der Waals surface area (Å²) in [6, 6.07) is 9.78. The molecular formula is C16H16BrF2NS. The second kappa shape index (κ2) is 7.38. The maximum atomic E-state index is 13.7. The molecule has 1 N–H and O–H groups in total. The molecule has 0 fully saturated rings. The SMILES string of the molecule is CCNC(C)c1ccc(Sc2ccc(F)cc2F)cc1Br. The molecule has 2 aromatic rings. The summed E-state index contributed by atoms with van der Waals surface area (Å²) in [5, 5.41) is 3.35. The highest BCUT2D eigenvalue weighted by Crippen LogP contribution is 2.34. The van der Waals surface area contributed by atoms with Gasteiger partial charge in [-0.1, -0.05) is 40.7 Å². The Kier molecular flexibility index (Phi) is 5.79. The summed E-state index contributed by atoms with van der Waals surface area (Å²) in [7, 11) is 0. The van der Waals surface area contributed by atoms with Gasteiger partial charge in [-0.2, -0.15) is 0 Å². The Morgan fingerprint density at radius 3 is 2.57 bits per heavy atom. The molecule has 0 aliphatic rings. The predicted molar refractivity (Wildman–Crippen MR) is 86.7 cm³/mol. The van der Waals surface area contributed by atoms with E-state index in [1.807, 2.05) is 18.2 Å². The summed E-state index contributed by atoms with van der Waals surface area (Å²) in [5.74, 6) is -1.10. The number of halogens is 3. The van der Waals surface area contributed by atoms with Crippen molar-refractivity contribution in [2.75, 3.05) is 6.54 Å². The van der Waals surface area contributed by atoms with Crippen LogP contribution in [0.5, 0.6) is 0 Å². The van der Waals surface area contributed by atoms with Crippen LogP contribution in [0.25, 0.3) is 0 Å². The minimum atomic E-state index is -0.562. The molecule has 0 heterocycles. The summed E-state index contributed by atoms with van der Waals surface area (Å²) in [6.07, 6.45) is 0. The van der Waals surface area contributed by atoms with Gasteiger partial charge in [-0.3, -0.25) is 0 Å². The standard InChI is InChI=1S/C16H16BrF2NS/c1-3-20-10(2)13-6-5-12(9-14(13)17)21-16-7-4-11(18)8-15(16)19/h4-10,20H,3H2,1-2H3. The number of hydrogen-bond acceptors (Lipinski definition) is 2. The lowest BCUT2D eigenvalue weighted by atomic mass is 10.1. The predicted octanol–water partition coefficient (Wildman–Crippen LogP) is 5.55. The van der Waals surface area contributed by atoms with E-state index in [1.165, 1.54) is 23.9 Å². The van der Waals surface area contributed by atoms with Crippen LogP contribution >= 0.6 is 27.7 Å². The van der Waals surface area contributed by atoms with Crippen molar-refractivity contribution in [2.45, 2.75) is 29.7 Å². The fraction of sp³-hybridized carbons (Fsp3) is 0.250. The topological polar surface area (TPSA) is 12.0 Å². The quantitative estimate of drug-likeness (QED) is 0.739. The molecule has 21 heavy (non-hydrogen) atoms. The number of hydrogen-bond donors (Lipinski definition) is 1. The van der Waals surface area contributed by atoms with Gasteiger partial charge in [0.1, 0.15) is 11.6 Å². The van der Waals surface area contributed by atoms with Gasteiger partial charge in [0.2, 0.25) is 0 Å². The molecule has 112 valence electrons. The Labute approximate surface area is 136 Å². The van der Waals surface area contributed by atoms with Crippen molar-refractivity contribution in [3.8, 4) is 0 Å². The molecule has 5 heteroatoms. The maximum absolute atomic E-state index is 13.7. The Bertz CT molecular complexity index is 634. The van der Waals surface area contributed by atoms with Crippen molar-refractivity contribution in [3.63, 3.8) is 0 Å². The molecule has 0 saturated carbocycles. The van der Waals surface area contributed by atoms with Gasteiger partial charge in [-0.15, -0.1) is 0 Å². The van der Waals surface area contributed by atoms with Gasteiger partial charge in [0.15, 0.2) is 0 Å². The maximum Gasteiger partial charge on any atom is 0.140 e. The van der Waals surface area contributed by atoms with Crippen LogP contribution in [-0.4, -0.2) is 6.54 Å². The Morgan fingerprint density at radius 2 is 1.95 bits per heavy atom. The van der Waals surface area contributed by atoms with Crippen molar-refractivity contribution in [3.05, 3.63) is 58.1 Å². The average Bonchev–Trinajstić information content (AvgIpc) is 2.42. The summed E-state index contributed by atoms with van der Waals surface area (Å²) in [6.45, 7) is 5.05. The first kappa shape index (κ1) is 16.5. The zero-order valence-corrected chi connectivity index (χ0v) is 14.2. The van der Waals surface area contributed by atoms with Crippen molar-refractivity contribution in [1.82, 2.24) is 5.32 Å². The van der Waals surface area contributed by atoms with E-state index < -0.39 is 11.6 Å². The molecule has 0 bridgehead atoms. The highest BCUT2D eigenvalue weighted by molar-refractivity contribution is 9.10. The van der Waals surface area contributed by atoms with Crippen LogP contribution < -0.4 is 5.32 Å². The number of rotatable bonds is 5. The number of nitrogens with one attached hydrogen (secondary N) is 1. The molecule has 2 rings (SSSR count). The summed E-state index contributed by atoms with van der Waals surface area (Å²) >= 11 is 4.83. The zero-order chi connectivity index (χ0) is 15.4. The first-order valence-electron chi connectivity index (χ1n) is 6.67. The van der Waals surface area contributed by atoms with Crippen LogP contribution in [0, 0.1) is 11.6 Å². The van der Waals surface area contributed by atoms with Crippen LogP contribution in [0.4, 0.5) is 8.78 Å². The van der Waals surface area contributed by atoms with E-state index in [4.69, 9.17) is 0 Å². The Balaban J connectivity index is 2.20. The van der Waals surface area contributed by atoms with E-state index in [9.17, 15) is 8.78 Å². The average molecular weight is 372 g/mol. The van der Waals surface area contributed by atoms with E-state index in [1.54, 1.807) is 0 Å². The van der Waals surface area contributed by atoms with E-state index in [2.05, 4.69) is 35.1 Å². The molecule has 0 aliphatic carbocycles. The van der Waals surface area contributed by atoms with Gasteiger partial charge in [0.05, 0.1) is 0 Å². The molecule has 1 nitrogen and oxygen atoms in total. The lowest BCUT2D eigenvalue weighted by Crippen LogP contribution is -2.18. The smallest absolute Gasteiger partial charge is 0.140 e. The van der Waals surface area contributed by atoms with Crippen molar-refractivity contribution < 1.29 is 8.78 Å². The molecule has 1 unspecified atom stereocenters. The molecule has 0 aliphatic heterocycles. The molecule has 0 radical (unpaired) electrons. The van der Waals surface area contributed by atoms with Crippen LogP contribution in [0.1, 0.15) is 25.5 Å². The summed E-state index contributed by atoms with van der Waals surface area (Å²) < 4.78 is 27.5. The third-order valence-corrected chi connectivity index (χ3v) is 4.80. The van der Waals surface area contributed by atoms with Crippen molar-refractivity contribution in [2.24, 2.45) is 0 Å². The fourth-order valence-electron chi connectivity index (χ4n) is 2.02. The van der Waals surface area contributed by atoms with E-state index >= 15 is 0 Å². The molecule has 0 saturated heterocycles. The molecular weight excluding hydrogens is 356 g/mol. The second-order valence-electron chi connectivity index (χ2n) is 4.64. The minimum Gasteiger partial charge on any atom is -0.310 e. The van der Waals surface area contributed by atoms with E-state index in [-0.39, 0.29) is 6.04 Å². The highest BCUT2D eigenvalue weighted by atomic mass is 79.9.